The smallest absolute Gasteiger partial charge is 0.289 e. The number of benzene rings is 1. The van der Waals surface area contributed by atoms with Crippen LogP contribution in [0.3, 0.4) is 0 Å². The molecular weight excluding hydrogens is 344 g/mol. The number of aromatic nitrogens is 2. The number of imidazole rings is 1. The standard InChI is InChI=1S/C17H15ClN4O3/c1-3-14-10(2)21-9-11(4-7-16(21)20-14)17(23)19-12-5-6-13(18)15(8-12)22(24)25/h4-9H,3H2,1-2H3,(H,19,23). The van der Waals surface area contributed by atoms with Gasteiger partial charge in [-0.15, -0.1) is 0 Å². The van der Waals surface area contributed by atoms with E-state index in [9.17, 15) is 14.9 Å². The van der Waals surface area contributed by atoms with Gasteiger partial charge in [-0.1, -0.05) is 18.5 Å². The average Bonchev–Trinajstić information content (AvgIpc) is 2.92. The van der Waals surface area contributed by atoms with Crippen molar-refractivity contribution in [1.82, 2.24) is 9.38 Å². The highest BCUT2D eigenvalue weighted by molar-refractivity contribution is 6.32. The van der Waals surface area contributed by atoms with Crippen molar-refractivity contribution in [3.05, 3.63) is 68.6 Å². The van der Waals surface area contributed by atoms with Gasteiger partial charge in [-0.3, -0.25) is 14.9 Å². The Hall–Kier alpha value is -2.93. The molecule has 1 amide bonds. The van der Waals surface area contributed by atoms with Gasteiger partial charge in [0.05, 0.1) is 16.2 Å². The maximum Gasteiger partial charge on any atom is 0.289 e. The highest BCUT2D eigenvalue weighted by Crippen LogP contribution is 2.27. The van der Waals surface area contributed by atoms with E-state index >= 15 is 0 Å². The summed E-state index contributed by atoms with van der Waals surface area (Å²) in [4.78, 5) is 27.3. The Morgan fingerprint density at radius 1 is 1.36 bits per heavy atom. The predicted molar refractivity (Wildman–Crippen MR) is 95.4 cm³/mol. The number of pyridine rings is 1. The van der Waals surface area contributed by atoms with Gasteiger partial charge < -0.3 is 9.72 Å². The molecule has 0 aliphatic carbocycles. The molecule has 25 heavy (non-hydrogen) atoms. The van der Waals surface area contributed by atoms with Crippen LogP contribution in [-0.2, 0) is 6.42 Å². The summed E-state index contributed by atoms with van der Waals surface area (Å²) < 4.78 is 1.86. The molecule has 0 spiro atoms. The summed E-state index contributed by atoms with van der Waals surface area (Å²) in [5, 5.41) is 13.6. The molecule has 0 atom stereocenters. The van der Waals surface area contributed by atoms with E-state index in [0.29, 0.717) is 11.3 Å². The van der Waals surface area contributed by atoms with E-state index in [1.807, 2.05) is 18.2 Å². The number of anilines is 1. The molecule has 2 aromatic heterocycles. The molecule has 0 fully saturated rings. The zero-order chi connectivity index (χ0) is 18.1. The van der Waals surface area contributed by atoms with E-state index in [2.05, 4.69) is 10.3 Å². The largest absolute Gasteiger partial charge is 0.322 e. The number of rotatable bonds is 4. The number of hydrogen-bond donors (Lipinski definition) is 1. The molecule has 0 radical (unpaired) electrons. The van der Waals surface area contributed by atoms with Crippen LogP contribution in [0.4, 0.5) is 11.4 Å². The minimum absolute atomic E-state index is 0.0190. The van der Waals surface area contributed by atoms with Crippen LogP contribution in [0.5, 0.6) is 0 Å². The summed E-state index contributed by atoms with van der Waals surface area (Å²) in [5.74, 6) is -0.371. The van der Waals surface area contributed by atoms with Crippen LogP contribution >= 0.6 is 11.6 Å². The van der Waals surface area contributed by atoms with Crippen LogP contribution in [0.25, 0.3) is 5.65 Å². The van der Waals surface area contributed by atoms with Crippen molar-refractivity contribution in [2.45, 2.75) is 20.3 Å². The SMILES string of the molecule is CCc1nc2ccc(C(=O)Nc3ccc(Cl)c([N+](=O)[O-])c3)cn2c1C. The first-order valence-electron chi connectivity index (χ1n) is 7.63. The number of fused-ring (bicyclic) bond motifs is 1. The summed E-state index contributed by atoms with van der Waals surface area (Å²) in [6.07, 6.45) is 2.51. The summed E-state index contributed by atoms with van der Waals surface area (Å²) in [6.45, 7) is 3.97. The van der Waals surface area contributed by atoms with Crippen molar-refractivity contribution in [2.75, 3.05) is 5.32 Å². The van der Waals surface area contributed by atoms with E-state index in [0.717, 1.165) is 23.5 Å². The van der Waals surface area contributed by atoms with Gasteiger partial charge >= 0.3 is 0 Å². The normalized spacial score (nSPS) is 10.8. The van der Waals surface area contributed by atoms with E-state index in [1.165, 1.54) is 18.2 Å². The molecule has 3 aromatic rings. The van der Waals surface area contributed by atoms with Crippen LogP contribution in [0.1, 0.15) is 28.7 Å². The molecule has 0 aliphatic heterocycles. The first kappa shape index (κ1) is 16.9. The van der Waals surface area contributed by atoms with Crippen molar-refractivity contribution < 1.29 is 9.72 Å². The number of nitro groups is 1. The molecule has 1 aromatic carbocycles. The Morgan fingerprint density at radius 2 is 2.12 bits per heavy atom. The maximum absolute atomic E-state index is 12.5. The Kier molecular flexibility index (Phi) is 4.41. The third kappa shape index (κ3) is 3.18. The van der Waals surface area contributed by atoms with Gasteiger partial charge in [-0.05, 0) is 37.6 Å². The summed E-state index contributed by atoms with van der Waals surface area (Å²) in [6, 6.07) is 7.57. The topological polar surface area (TPSA) is 89.5 Å². The third-order valence-electron chi connectivity index (χ3n) is 3.95. The molecule has 3 rings (SSSR count). The lowest BCUT2D eigenvalue weighted by Gasteiger charge is -2.07. The summed E-state index contributed by atoms with van der Waals surface area (Å²) in [5.41, 5.74) is 3.20. The number of nitro benzene ring substituents is 1. The van der Waals surface area contributed by atoms with E-state index in [-0.39, 0.29) is 16.6 Å². The van der Waals surface area contributed by atoms with Crippen LogP contribution < -0.4 is 5.32 Å². The third-order valence-corrected chi connectivity index (χ3v) is 4.27. The minimum Gasteiger partial charge on any atom is -0.322 e. The molecule has 2 heterocycles. The van der Waals surface area contributed by atoms with Crippen molar-refractivity contribution in [3.8, 4) is 0 Å². The number of aryl methyl sites for hydroxylation is 2. The second-order valence-corrected chi connectivity index (χ2v) is 5.93. The lowest BCUT2D eigenvalue weighted by atomic mass is 10.2. The molecule has 0 bridgehead atoms. The zero-order valence-corrected chi connectivity index (χ0v) is 14.4. The van der Waals surface area contributed by atoms with Gasteiger partial charge in [-0.25, -0.2) is 4.98 Å². The summed E-state index contributed by atoms with van der Waals surface area (Å²) >= 11 is 5.78. The first-order chi connectivity index (χ1) is 11.9. The van der Waals surface area contributed by atoms with Crippen LogP contribution in [0.2, 0.25) is 5.02 Å². The Balaban J connectivity index is 1.91. The van der Waals surface area contributed by atoms with Crippen LogP contribution in [0, 0.1) is 17.0 Å². The van der Waals surface area contributed by atoms with Gasteiger partial charge in [0.1, 0.15) is 10.7 Å². The first-order valence-corrected chi connectivity index (χ1v) is 8.01. The minimum atomic E-state index is -0.592. The predicted octanol–water partition coefficient (Wildman–Crippen LogP) is 4.02. The average molecular weight is 359 g/mol. The summed E-state index contributed by atoms with van der Waals surface area (Å²) in [7, 11) is 0. The van der Waals surface area contributed by atoms with Crippen molar-refractivity contribution in [3.63, 3.8) is 0 Å². The zero-order valence-electron chi connectivity index (χ0n) is 13.6. The quantitative estimate of drug-likeness (QED) is 0.563. The fraction of sp³-hybridized carbons (Fsp3) is 0.176. The fourth-order valence-corrected chi connectivity index (χ4v) is 2.80. The number of carbonyl (C=O) groups excluding carboxylic acids is 1. The molecule has 0 aliphatic rings. The van der Waals surface area contributed by atoms with Gasteiger partial charge in [-0.2, -0.15) is 0 Å². The number of hydrogen-bond acceptors (Lipinski definition) is 4. The molecule has 7 nitrogen and oxygen atoms in total. The van der Waals surface area contributed by atoms with Crippen molar-refractivity contribution in [1.29, 1.82) is 0 Å². The van der Waals surface area contributed by atoms with E-state index in [4.69, 9.17) is 11.6 Å². The number of carbonyl (C=O) groups is 1. The van der Waals surface area contributed by atoms with Crippen molar-refractivity contribution >= 4 is 34.5 Å². The van der Waals surface area contributed by atoms with Crippen LogP contribution in [-0.4, -0.2) is 20.2 Å². The molecule has 0 unspecified atom stereocenters. The van der Waals surface area contributed by atoms with E-state index in [1.54, 1.807) is 18.3 Å². The van der Waals surface area contributed by atoms with Gasteiger partial charge in [0, 0.05) is 23.6 Å². The highest BCUT2D eigenvalue weighted by Gasteiger charge is 2.15. The Morgan fingerprint density at radius 3 is 2.80 bits per heavy atom. The van der Waals surface area contributed by atoms with Gasteiger partial charge in [0.2, 0.25) is 0 Å². The van der Waals surface area contributed by atoms with Gasteiger partial charge in [0.15, 0.2) is 0 Å². The number of halogens is 1. The molecule has 1 N–H and O–H groups in total. The number of amides is 1. The Labute approximate surface area is 148 Å². The molecular formula is C17H15ClN4O3. The number of nitrogens with one attached hydrogen (secondary N) is 1. The molecule has 128 valence electrons. The fourth-order valence-electron chi connectivity index (χ4n) is 2.61. The lowest BCUT2D eigenvalue weighted by molar-refractivity contribution is -0.384. The maximum atomic E-state index is 12.5. The lowest BCUT2D eigenvalue weighted by Crippen LogP contribution is -2.13. The molecule has 0 saturated heterocycles. The van der Waals surface area contributed by atoms with Gasteiger partial charge in [0.25, 0.3) is 11.6 Å². The number of nitrogens with zero attached hydrogens (tertiary/aromatic N) is 3. The second kappa shape index (κ2) is 6.52. The van der Waals surface area contributed by atoms with E-state index < -0.39 is 4.92 Å². The molecule has 8 heteroatoms. The molecule has 0 saturated carbocycles. The van der Waals surface area contributed by atoms with Crippen LogP contribution in [0.15, 0.2) is 36.5 Å². The highest BCUT2D eigenvalue weighted by atomic mass is 35.5. The van der Waals surface area contributed by atoms with Crippen molar-refractivity contribution in [2.24, 2.45) is 0 Å². The monoisotopic (exact) mass is 358 g/mol. The Bertz CT molecular complexity index is 997. The second-order valence-electron chi connectivity index (χ2n) is 5.52.